The predicted molar refractivity (Wildman–Crippen MR) is 81.5 cm³/mol. The molecule has 0 aromatic heterocycles. The molecule has 3 nitrogen and oxygen atoms in total. The highest BCUT2D eigenvalue weighted by molar-refractivity contribution is 6.19. The summed E-state index contributed by atoms with van der Waals surface area (Å²) in [6, 6.07) is 7.50. The third-order valence-corrected chi connectivity index (χ3v) is 2.92. The number of ether oxygens (including phenoxy) is 2. The van der Waals surface area contributed by atoms with Crippen molar-refractivity contribution in [1.82, 2.24) is 0 Å². The summed E-state index contributed by atoms with van der Waals surface area (Å²) < 4.78 is 10.6. The normalized spacial score (nSPS) is 11.2. The van der Waals surface area contributed by atoms with E-state index in [1.165, 1.54) is 6.26 Å². The first kappa shape index (κ1) is 16.6. The molecule has 4 heteroatoms. The molecule has 110 valence electrons. The van der Waals surface area contributed by atoms with E-state index in [0.29, 0.717) is 24.7 Å². The van der Waals surface area contributed by atoms with Crippen LogP contribution in [0.4, 0.5) is 0 Å². The van der Waals surface area contributed by atoms with E-state index >= 15 is 0 Å². The third kappa shape index (κ3) is 4.89. The number of esters is 1. The van der Waals surface area contributed by atoms with Crippen LogP contribution in [0.25, 0.3) is 5.57 Å². The highest BCUT2D eigenvalue weighted by Gasteiger charge is 2.17. The Bertz CT molecular complexity index is 455. The average Bonchev–Trinajstić information content (AvgIpc) is 2.49. The fraction of sp³-hybridized carbons (Fsp3) is 0.438. The predicted octanol–water partition coefficient (Wildman–Crippen LogP) is 4.15. The van der Waals surface area contributed by atoms with Gasteiger partial charge in [0, 0.05) is 5.88 Å². The second-order valence-electron chi connectivity index (χ2n) is 4.33. The van der Waals surface area contributed by atoms with Crippen molar-refractivity contribution in [2.45, 2.75) is 32.6 Å². The van der Waals surface area contributed by atoms with Crippen molar-refractivity contribution < 1.29 is 14.3 Å². The molecule has 0 atom stereocenters. The van der Waals surface area contributed by atoms with Gasteiger partial charge in [0.25, 0.3) is 0 Å². The summed E-state index contributed by atoms with van der Waals surface area (Å²) in [6.07, 6.45) is 3.14. The van der Waals surface area contributed by atoms with Crippen molar-refractivity contribution in [2.75, 3.05) is 13.2 Å². The molecule has 0 spiro atoms. The van der Waals surface area contributed by atoms with Crippen molar-refractivity contribution in [2.24, 2.45) is 0 Å². The smallest absolute Gasteiger partial charge is 0.341 e. The number of carbonyl (C=O) groups is 1. The lowest BCUT2D eigenvalue weighted by atomic mass is 10.0. The average molecular weight is 297 g/mol. The molecule has 0 radical (unpaired) electrons. The van der Waals surface area contributed by atoms with Gasteiger partial charge in [-0.25, -0.2) is 4.79 Å². The zero-order chi connectivity index (χ0) is 14.8. The second kappa shape index (κ2) is 9.43. The monoisotopic (exact) mass is 296 g/mol. The molecule has 0 unspecified atom stereocenters. The minimum absolute atomic E-state index is 0.336. The topological polar surface area (TPSA) is 35.5 Å². The Hall–Kier alpha value is -1.48. The van der Waals surface area contributed by atoms with Crippen molar-refractivity contribution in [3.63, 3.8) is 0 Å². The largest absolute Gasteiger partial charge is 0.500 e. The molecule has 0 fully saturated rings. The van der Waals surface area contributed by atoms with Crippen LogP contribution < -0.4 is 0 Å². The van der Waals surface area contributed by atoms with Gasteiger partial charge < -0.3 is 9.47 Å². The number of carbonyl (C=O) groups excluding carboxylic acids is 1. The fourth-order valence-electron chi connectivity index (χ4n) is 1.65. The van der Waals surface area contributed by atoms with Crippen molar-refractivity contribution in [3.05, 3.63) is 41.7 Å². The molecule has 0 heterocycles. The van der Waals surface area contributed by atoms with Crippen LogP contribution in [0.5, 0.6) is 0 Å². The highest BCUT2D eigenvalue weighted by Crippen LogP contribution is 2.22. The Balaban J connectivity index is 3.02. The summed E-state index contributed by atoms with van der Waals surface area (Å²) in [7, 11) is 0. The Morgan fingerprint density at radius 3 is 2.55 bits per heavy atom. The van der Waals surface area contributed by atoms with E-state index in [2.05, 4.69) is 0 Å². The van der Waals surface area contributed by atoms with E-state index in [-0.39, 0.29) is 5.97 Å². The number of hydrogen-bond donors (Lipinski definition) is 0. The van der Waals surface area contributed by atoms with E-state index in [4.69, 9.17) is 21.1 Å². The van der Waals surface area contributed by atoms with Gasteiger partial charge in [0.2, 0.25) is 0 Å². The first-order valence-corrected chi connectivity index (χ1v) is 7.41. The van der Waals surface area contributed by atoms with Gasteiger partial charge in [-0.15, -0.1) is 11.6 Å². The van der Waals surface area contributed by atoms with Crippen LogP contribution in [0, 0.1) is 0 Å². The summed E-state index contributed by atoms with van der Waals surface area (Å²) >= 11 is 5.93. The minimum atomic E-state index is -0.375. The van der Waals surface area contributed by atoms with E-state index in [1.54, 1.807) is 0 Å². The maximum absolute atomic E-state index is 12.2. The van der Waals surface area contributed by atoms with E-state index in [0.717, 1.165) is 24.0 Å². The maximum Gasteiger partial charge on any atom is 0.341 e. The van der Waals surface area contributed by atoms with Crippen LogP contribution in [0.1, 0.15) is 37.8 Å². The molecule has 0 aliphatic rings. The Morgan fingerprint density at radius 1 is 1.20 bits per heavy atom. The first-order valence-electron chi connectivity index (χ1n) is 6.87. The summed E-state index contributed by atoms with van der Waals surface area (Å²) in [5.74, 6) is -0.0389. The number of rotatable bonds is 8. The Kier molecular flexibility index (Phi) is 7.81. The minimum Gasteiger partial charge on any atom is -0.500 e. The molecule has 0 saturated heterocycles. The van der Waals surface area contributed by atoms with Gasteiger partial charge in [0.05, 0.1) is 19.5 Å². The van der Waals surface area contributed by atoms with E-state index in [9.17, 15) is 4.79 Å². The third-order valence-electron chi connectivity index (χ3n) is 2.63. The number of hydrogen-bond acceptors (Lipinski definition) is 3. The maximum atomic E-state index is 12.2. The molecule has 1 aromatic rings. The lowest BCUT2D eigenvalue weighted by molar-refractivity contribution is -0.136. The molecule has 0 aliphatic heterocycles. The highest BCUT2D eigenvalue weighted by atomic mass is 35.5. The molecular formula is C16H21ClO3. The lowest BCUT2D eigenvalue weighted by Gasteiger charge is -2.11. The molecule has 20 heavy (non-hydrogen) atoms. The second-order valence-corrected chi connectivity index (χ2v) is 4.60. The van der Waals surface area contributed by atoms with Gasteiger partial charge in [-0.05, 0) is 24.0 Å². The van der Waals surface area contributed by atoms with Gasteiger partial charge in [0.15, 0.2) is 0 Å². The zero-order valence-electron chi connectivity index (χ0n) is 12.0. The Morgan fingerprint density at radius 2 is 1.90 bits per heavy atom. The van der Waals surface area contributed by atoms with Crippen LogP contribution >= 0.6 is 11.6 Å². The van der Waals surface area contributed by atoms with E-state index < -0.39 is 0 Å². The molecule has 1 aromatic carbocycles. The van der Waals surface area contributed by atoms with Gasteiger partial charge in [-0.1, -0.05) is 38.1 Å². The lowest BCUT2D eigenvalue weighted by Crippen LogP contribution is -2.10. The quantitative estimate of drug-likeness (QED) is 0.238. The summed E-state index contributed by atoms with van der Waals surface area (Å²) in [5, 5.41) is 0. The summed E-state index contributed by atoms with van der Waals surface area (Å²) in [6.45, 7) is 4.92. The Labute approximate surface area is 125 Å². The summed E-state index contributed by atoms with van der Waals surface area (Å²) in [5.41, 5.74) is 2.07. The molecule has 0 N–H and O–H groups in total. The number of alkyl halides is 1. The molecular weight excluding hydrogens is 276 g/mol. The molecule has 1 rings (SSSR count). The van der Waals surface area contributed by atoms with Crippen LogP contribution in [0.15, 0.2) is 30.5 Å². The first-order chi connectivity index (χ1) is 9.74. The summed E-state index contributed by atoms with van der Waals surface area (Å²) in [4.78, 5) is 12.2. The van der Waals surface area contributed by atoms with Gasteiger partial charge in [-0.3, -0.25) is 0 Å². The number of benzene rings is 1. The standard InChI is InChI=1S/C16H21ClO3/c1-3-9-19-12-15(16(18)20-10-4-2)14-8-6-5-7-13(14)11-17/h5-8,12H,3-4,9-11H2,1-2H3/b15-12+. The van der Waals surface area contributed by atoms with E-state index in [1.807, 2.05) is 38.1 Å². The van der Waals surface area contributed by atoms with Gasteiger partial charge in [-0.2, -0.15) is 0 Å². The number of halogens is 1. The SMILES string of the molecule is CCCO/C=C(/C(=O)OCCC)c1ccccc1CCl. The molecule has 0 aliphatic carbocycles. The zero-order valence-corrected chi connectivity index (χ0v) is 12.8. The van der Waals surface area contributed by atoms with Gasteiger partial charge in [0.1, 0.15) is 5.57 Å². The molecule has 0 bridgehead atoms. The van der Waals surface area contributed by atoms with Crippen molar-refractivity contribution >= 4 is 23.1 Å². The van der Waals surface area contributed by atoms with Crippen LogP contribution in [-0.2, 0) is 20.1 Å². The van der Waals surface area contributed by atoms with Crippen LogP contribution in [0.2, 0.25) is 0 Å². The van der Waals surface area contributed by atoms with Gasteiger partial charge >= 0.3 is 5.97 Å². The van der Waals surface area contributed by atoms with Crippen LogP contribution in [0.3, 0.4) is 0 Å². The molecule has 0 amide bonds. The van der Waals surface area contributed by atoms with Crippen molar-refractivity contribution in [1.29, 1.82) is 0 Å². The van der Waals surface area contributed by atoms with Crippen LogP contribution in [-0.4, -0.2) is 19.2 Å². The fourth-order valence-corrected chi connectivity index (χ4v) is 1.89. The van der Waals surface area contributed by atoms with Crippen molar-refractivity contribution in [3.8, 4) is 0 Å². The molecule has 0 saturated carbocycles.